The lowest BCUT2D eigenvalue weighted by molar-refractivity contribution is -0.149. The maximum atomic E-state index is 12.5. The number of hydrogen-bond acceptors (Lipinski definition) is 2. The summed E-state index contributed by atoms with van der Waals surface area (Å²) in [4.78, 5) is 10.7. The molecule has 18 heavy (non-hydrogen) atoms. The van der Waals surface area contributed by atoms with Gasteiger partial charge in [0.15, 0.2) is 6.10 Å². The quantitative estimate of drug-likeness (QED) is 0.889. The number of carboxylic acids is 1. The number of aliphatic carboxylic acids is 1. The first-order chi connectivity index (χ1) is 8.38. The van der Waals surface area contributed by atoms with E-state index in [9.17, 15) is 18.0 Å². The Balaban J connectivity index is 2.18. The molecule has 1 aliphatic heterocycles. The SMILES string of the molecule is O=C(O)[C@H]1CC[C@H](c2cccc(C(F)(F)F)c2)O1. The summed E-state index contributed by atoms with van der Waals surface area (Å²) in [5.41, 5.74) is -0.379. The van der Waals surface area contributed by atoms with E-state index in [2.05, 4.69) is 0 Å². The van der Waals surface area contributed by atoms with Crippen LogP contribution in [-0.2, 0) is 15.7 Å². The minimum atomic E-state index is -4.40. The fourth-order valence-corrected chi connectivity index (χ4v) is 1.98. The summed E-state index contributed by atoms with van der Waals surface area (Å²) in [6, 6.07) is 4.81. The minimum Gasteiger partial charge on any atom is -0.479 e. The van der Waals surface area contributed by atoms with Gasteiger partial charge in [-0.3, -0.25) is 0 Å². The summed E-state index contributed by atoms with van der Waals surface area (Å²) in [5.74, 6) is -1.08. The Bertz CT molecular complexity index is 456. The van der Waals surface area contributed by atoms with Crippen LogP contribution in [0.15, 0.2) is 24.3 Å². The van der Waals surface area contributed by atoms with Gasteiger partial charge in [0.2, 0.25) is 0 Å². The van der Waals surface area contributed by atoms with Gasteiger partial charge in [0.05, 0.1) is 11.7 Å². The largest absolute Gasteiger partial charge is 0.479 e. The fourth-order valence-electron chi connectivity index (χ4n) is 1.98. The van der Waals surface area contributed by atoms with Gasteiger partial charge >= 0.3 is 12.1 Å². The first-order valence-electron chi connectivity index (χ1n) is 5.43. The van der Waals surface area contributed by atoms with Crippen LogP contribution in [0.2, 0.25) is 0 Å². The van der Waals surface area contributed by atoms with Crippen molar-refractivity contribution >= 4 is 5.97 Å². The number of rotatable bonds is 2. The maximum absolute atomic E-state index is 12.5. The second kappa shape index (κ2) is 4.61. The lowest BCUT2D eigenvalue weighted by Crippen LogP contribution is -2.18. The lowest BCUT2D eigenvalue weighted by atomic mass is 10.0. The predicted octanol–water partition coefficient (Wildman–Crippen LogP) is 3.01. The highest BCUT2D eigenvalue weighted by molar-refractivity contribution is 5.72. The van der Waals surface area contributed by atoms with Crippen molar-refractivity contribution in [3.63, 3.8) is 0 Å². The van der Waals surface area contributed by atoms with E-state index in [0.717, 1.165) is 12.1 Å². The van der Waals surface area contributed by atoms with Crippen LogP contribution in [0.1, 0.15) is 30.1 Å². The molecular weight excluding hydrogens is 249 g/mol. The van der Waals surface area contributed by atoms with Crippen LogP contribution in [0.5, 0.6) is 0 Å². The molecule has 1 aromatic rings. The van der Waals surface area contributed by atoms with E-state index in [1.165, 1.54) is 12.1 Å². The molecule has 98 valence electrons. The number of halogens is 3. The third kappa shape index (κ3) is 2.64. The summed E-state index contributed by atoms with van der Waals surface area (Å²) in [6.07, 6.45) is -5.17. The van der Waals surface area contributed by atoms with Crippen LogP contribution in [0.25, 0.3) is 0 Å². The van der Waals surface area contributed by atoms with Crippen LogP contribution >= 0.6 is 0 Å². The van der Waals surface area contributed by atoms with Crippen LogP contribution in [0.3, 0.4) is 0 Å². The van der Waals surface area contributed by atoms with E-state index in [0.29, 0.717) is 18.4 Å². The van der Waals surface area contributed by atoms with Crippen molar-refractivity contribution in [2.75, 3.05) is 0 Å². The third-order valence-corrected chi connectivity index (χ3v) is 2.88. The van der Waals surface area contributed by atoms with Gasteiger partial charge in [0.25, 0.3) is 0 Å². The zero-order valence-electron chi connectivity index (χ0n) is 9.28. The van der Waals surface area contributed by atoms with Gasteiger partial charge in [-0.2, -0.15) is 13.2 Å². The number of alkyl halides is 3. The molecule has 0 saturated carbocycles. The van der Waals surface area contributed by atoms with E-state index in [-0.39, 0.29) is 0 Å². The molecule has 0 unspecified atom stereocenters. The average Bonchev–Trinajstić information content (AvgIpc) is 2.77. The Morgan fingerprint density at radius 1 is 1.33 bits per heavy atom. The van der Waals surface area contributed by atoms with E-state index < -0.39 is 29.9 Å². The highest BCUT2D eigenvalue weighted by Crippen LogP contribution is 2.36. The summed E-state index contributed by atoms with van der Waals surface area (Å²) in [7, 11) is 0. The average molecular weight is 260 g/mol. The number of benzene rings is 1. The Kier molecular flexibility index (Phi) is 3.30. The molecule has 0 spiro atoms. The first kappa shape index (κ1) is 12.9. The molecule has 2 atom stereocenters. The Labute approximate surface area is 101 Å². The number of ether oxygens (including phenoxy) is 1. The van der Waals surface area contributed by atoms with E-state index in [1.54, 1.807) is 0 Å². The minimum absolute atomic E-state index is 0.316. The van der Waals surface area contributed by atoms with Crippen molar-refractivity contribution < 1.29 is 27.8 Å². The molecule has 1 fully saturated rings. The van der Waals surface area contributed by atoms with Crippen LogP contribution < -0.4 is 0 Å². The molecule has 1 aliphatic rings. The number of carboxylic acid groups (broad SMARTS) is 1. The molecule has 0 aliphatic carbocycles. The second-order valence-electron chi connectivity index (χ2n) is 4.15. The van der Waals surface area contributed by atoms with E-state index in [4.69, 9.17) is 9.84 Å². The van der Waals surface area contributed by atoms with Crippen molar-refractivity contribution in [2.45, 2.75) is 31.2 Å². The molecule has 1 saturated heterocycles. The van der Waals surface area contributed by atoms with Gasteiger partial charge < -0.3 is 9.84 Å². The van der Waals surface area contributed by atoms with E-state index in [1.807, 2.05) is 0 Å². The molecule has 2 rings (SSSR count). The van der Waals surface area contributed by atoms with Crippen molar-refractivity contribution in [1.82, 2.24) is 0 Å². The molecule has 1 N–H and O–H groups in total. The van der Waals surface area contributed by atoms with Gasteiger partial charge in [-0.25, -0.2) is 4.79 Å². The summed E-state index contributed by atoms with van der Waals surface area (Å²) < 4.78 is 42.8. The third-order valence-electron chi connectivity index (χ3n) is 2.88. The number of hydrogen-bond donors (Lipinski definition) is 1. The zero-order chi connectivity index (χ0) is 13.3. The zero-order valence-corrected chi connectivity index (χ0v) is 9.28. The lowest BCUT2D eigenvalue weighted by Gasteiger charge is -2.14. The summed E-state index contributed by atoms with van der Waals surface area (Å²) in [6.45, 7) is 0. The Morgan fingerprint density at radius 2 is 2.06 bits per heavy atom. The van der Waals surface area contributed by atoms with Gasteiger partial charge in [0, 0.05) is 0 Å². The smallest absolute Gasteiger partial charge is 0.416 e. The molecular formula is C12H11F3O3. The van der Waals surface area contributed by atoms with Crippen molar-refractivity contribution in [3.05, 3.63) is 35.4 Å². The maximum Gasteiger partial charge on any atom is 0.416 e. The van der Waals surface area contributed by atoms with Crippen LogP contribution in [0.4, 0.5) is 13.2 Å². The molecule has 3 nitrogen and oxygen atoms in total. The molecule has 0 bridgehead atoms. The molecule has 0 radical (unpaired) electrons. The van der Waals surface area contributed by atoms with Gasteiger partial charge in [-0.15, -0.1) is 0 Å². The second-order valence-corrected chi connectivity index (χ2v) is 4.15. The first-order valence-corrected chi connectivity index (χ1v) is 5.43. The normalized spacial score (nSPS) is 24.2. The fraction of sp³-hybridized carbons (Fsp3) is 0.417. The monoisotopic (exact) mass is 260 g/mol. The van der Waals surface area contributed by atoms with Crippen molar-refractivity contribution in [3.8, 4) is 0 Å². The predicted molar refractivity (Wildman–Crippen MR) is 55.9 cm³/mol. The van der Waals surface area contributed by atoms with E-state index >= 15 is 0 Å². The number of carbonyl (C=O) groups is 1. The molecule has 1 heterocycles. The van der Waals surface area contributed by atoms with Crippen molar-refractivity contribution in [1.29, 1.82) is 0 Å². The van der Waals surface area contributed by atoms with Gasteiger partial charge in [-0.1, -0.05) is 12.1 Å². The van der Waals surface area contributed by atoms with Crippen LogP contribution in [0, 0.1) is 0 Å². The highest BCUT2D eigenvalue weighted by atomic mass is 19.4. The Hall–Kier alpha value is -1.56. The summed E-state index contributed by atoms with van der Waals surface area (Å²) in [5, 5.41) is 8.76. The molecule has 1 aromatic carbocycles. The topological polar surface area (TPSA) is 46.5 Å². The molecule has 0 aromatic heterocycles. The molecule has 0 amide bonds. The highest BCUT2D eigenvalue weighted by Gasteiger charge is 2.34. The molecule has 6 heteroatoms. The van der Waals surface area contributed by atoms with Gasteiger partial charge in [-0.05, 0) is 30.5 Å². The van der Waals surface area contributed by atoms with Crippen LogP contribution in [-0.4, -0.2) is 17.2 Å². The van der Waals surface area contributed by atoms with Crippen molar-refractivity contribution in [2.24, 2.45) is 0 Å². The van der Waals surface area contributed by atoms with Gasteiger partial charge in [0.1, 0.15) is 0 Å². The Morgan fingerprint density at radius 3 is 2.61 bits per heavy atom. The summed E-state index contributed by atoms with van der Waals surface area (Å²) >= 11 is 0. The standard InChI is InChI=1S/C12H11F3O3/c13-12(14,15)8-3-1-2-7(6-8)9-4-5-10(18-9)11(16)17/h1-3,6,9-10H,4-5H2,(H,16,17)/t9-,10-/m1/s1.